The Bertz CT molecular complexity index is 851. The minimum absolute atomic E-state index is 0.00634. The highest BCUT2D eigenvalue weighted by atomic mass is 19.4. The lowest BCUT2D eigenvalue weighted by molar-refractivity contribution is -0.275. The van der Waals surface area contributed by atoms with E-state index in [1.54, 1.807) is 26.8 Å². The molecule has 0 bridgehead atoms. The van der Waals surface area contributed by atoms with Crippen LogP contribution in [0.4, 0.5) is 18.0 Å². The molecule has 0 aliphatic heterocycles. The summed E-state index contributed by atoms with van der Waals surface area (Å²) in [4.78, 5) is 13.0. The quantitative estimate of drug-likeness (QED) is 0.665. The van der Waals surface area contributed by atoms with E-state index in [0.29, 0.717) is 5.56 Å². The number of rotatable bonds is 8. The zero-order valence-electron chi connectivity index (χ0n) is 17.8. The number of benzene rings is 2. The highest BCUT2D eigenvalue weighted by Gasteiger charge is 2.34. The van der Waals surface area contributed by atoms with Gasteiger partial charge in [0.25, 0.3) is 0 Å². The fourth-order valence-electron chi connectivity index (χ4n) is 3.52. The molecule has 1 amide bonds. The maximum atomic E-state index is 12.9. The van der Waals surface area contributed by atoms with Crippen LogP contribution in [0.3, 0.4) is 0 Å². The summed E-state index contributed by atoms with van der Waals surface area (Å²) in [6.45, 7) is 5.23. The van der Waals surface area contributed by atoms with Crippen molar-refractivity contribution in [3.8, 4) is 0 Å². The van der Waals surface area contributed by atoms with Crippen molar-refractivity contribution in [3.05, 3.63) is 71.3 Å². The van der Waals surface area contributed by atoms with E-state index in [1.807, 2.05) is 30.3 Å². The molecule has 0 heterocycles. The first-order valence-corrected chi connectivity index (χ1v) is 9.98. The predicted octanol–water partition coefficient (Wildman–Crippen LogP) is 3.21. The van der Waals surface area contributed by atoms with Gasteiger partial charge in [-0.15, -0.1) is 0 Å². The van der Waals surface area contributed by atoms with Gasteiger partial charge in [-0.2, -0.15) is 13.2 Å². The van der Waals surface area contributed by atoms with Crippen LogP contribution in [-0.2, 0) is 19.1 Å². The SMILES string of the molecule is CC(C)(C)N(C(=O)[O-])[C@@H](Cc1ccccc1)[C@H](O)CNCc1cccc(C(F)(F)F)c1. The van der Waals surface area contributed by atoms with Gasteiger partial charge in [-0.05, 0) is 44.4 Å². The van der Waals surface area contributed by atoms with Crippen LogP contribution in [0.5, 0.6) is 0 Å². The first kappa shape index (κ1) is 24.7. The summed E-state index contributed by atoms with van der Waals surface area (Å²) in [5.41, 5.74) is -0.306. The van der Waals surface area contributed by atoms with Crippen LogP contribution in [-0.4, -0.2) is 40.3 Å². The summed E-state index contributed by atoms with van der Waals surface area (Å²) < 4.78 is 38.6. The number of amides is 1. The molecule has 0 radical (unpaired) electrons. The van der Waals surface area contributed by atoms with E-state index in [4.69, 9.17) is 0 Å². The standard InChI is InChI=1S/C23H29F3N2O3/c1-22(2,3)28(21(30)31)19(13-16-8-5-4-6-9-16)20(29)15-27-14-17-10-7-11-18(12-17)23(24,25)26/h4-12,19-20,27,29H,13-15H2,1-3H3,(H,30,31)/p-1/t19-,20+/m0/s1. The predicted molar refractivity (Wildman–Crippen MR) is 110 cm³/mol. The number of nitrogens with one attached hydrogen (secondary N) is 1. The molecule has 2 atom stereocenters. The molecule has 8 heteroatoms. The van der Waals surface area contributed by atoms with Gasteiger partial charge < -0.3 is 25.2 Å². The number of nitrogens with zero attached hydrogens (tertiary/aromatic N) is 1. The summed E-state index contributed by atoms with van der Waals surface area (Å²) in [5.74, 6) is 0. The molecule has 0 spiro atoms. The molecule has 0 aliphatic carbocycles. The number of alkyl halides is 3. The van der Waals surface area contributed by atoms with E-state index in [-0.39, 0.29) is 19.5 Å². The number of aliphatic hydroxyl groups is 1. The van der Waals surface area contributed by atoms with Gasteiger partial charge in [-0.3, -0.25) is 0 Å². The largest absolute Gasteiger partial charge is 0.530 e. The molecule has 0 saturated carbocycles. The Morgan fingerprint density at radius 1 is 1.06 bits per heavy atom. The Hall–Kier alpha value is -2.58. The number of halogens is 3. The van der Waals surface area contributed by atoms with Crippen molar-refractivity contribution < 1.29 is 28.2 Å². The van der Waals surface area contributed by atoms with Gasteiger partial charge in [0.05, 0.1) is 17.7 Å². The van der Waals surface area contributed by atoms with Crippen molar-refractivity contribution in [1.29, 1.82) is 0 Å². The molecular weight excluding hydrogens is 409 g/mol. The average molecular weight is 437 g/mol. The molecule has 0 unspecified atom stereocenters. The molecular formula is C23H28F3N2O3-. The monoisotopic (exact) mass is 437 g/mol. The van der Waals surface area contributed by atoms with Gasteiger partial charge in [-0.25, -0.2) is 0 Å². The van der Waals surface area contributed by atoms with Crippen LogP contribution in [0.2, 0.25) is 0 Å². The Morgan fingerprint density at radius 3 is 2.23 bits per heavy atom. The highest BCUT2D eigenvalue weighted by molar-refractivity contribution is 5.64. The van der Waals surface area contributed by atoms with E-state index in [0.717, 1.165) is 22.6 Å². The third-order valence-corrected chi connectivity index (χ3v) is 4.92. The lowest BCUT2D eigenvalue weighted by Crippen LogP contribution is -2.61. The molecule has 0 saturated heterocycles. The molecule has 31 heavy (non-hydrogen) atoms. The van der Waals surface area contributed by atoms with Crippen molar-refractivity contribution >= 4 is 6.09 Å². The van der Waals surface area contributed by atoms with Gasteiger partial charge in [0, 0.05) is 18.6 Å². The zero-order valence-corrected chi connectivity index (χ0v) is 17.8. The second kappa shape index (κ2) is 10.2. The Kier molecular flexibility index (Phi) is 8.08. The van der Waals surface area contributed by atoms with Crippen molar-refractivity contribution in [3.63, 3.8) is 0 Å². The third kappa shape index (κ3) is 7.25. The molecule has 2 rings (SSSR count). The minimum atomic E-state index is -4.43. The summed E-state index contributed by atoms with van der Waals surface area (Å²) in [6, 6.07) is 13.3. The fourth-order valence-corrected chi connectivity index (χ4v) is 3.52. The van der Waals surface area contributed by atoms with Gasteiger partial charge in [0.15, 0.2) is 0 Å². The van der Waals surface area contributed by atoms with E-state index >= 15 is 0 Å². The number of carbonyl (C=O) groups is 1. The molecule has 0 fully saturated rings. The summed E-state index contributed by atoms with van der Waals surface area (Å²) in [6.07, 6.45) is -6.68. The Labute approximate surface area is 180 Å². The number of carbonyl (C=O) groups excluding carboxylic acids is 1. The van der Waals surface area contributed by atoms with Crippen LogP contribution in [0.25, 0.3) is 0 Å². The van der Waals surface area contributed by atoms with E-state index in [9.17, 15) is 28.2 Å². The van der Waals surface area contributed by atoms with Gasteiger partial charge >= 0.3 is 6.18 Å². The van der Waals surface area contributed by atoms with Crippen LogP contribution in [0, 0.1) is 0 Å². The third-order valence-electron chi connectivity index (χ3n) is 4.92. The summed E-state index contributed by atoms with van der Waals surface area (Å²) in [7, 11) is 0. The zero-order chi connectivity index (χ0) is 23.2. The average Bonchev–Trinajstić information content (AvgIpc) is 2.66. The number of hydrogen-bond acceptors (Lipinski definition) is 4. The molecule has 2 N–H and O–H groups in total. The lowest BCUT2D eigenvalue weighted by atomic mass is 9.94. The first-order valence-electron chi connectivity index (χ1n) is 9.98. The molecule has 5 nitrogen and oxygen atoms in total. The molecule has 170 valence electrons. The normalized spacial score (nSPS) is 14.2. The van der Waals surface area contributed by atoms with Crippen LogP contribution in [0.1, 0.15) is 37.5 Å². The fraction of sp³-hybridized carbons (Fsp3) is 0.435. The van der Waals surface area contributed by atoms with Gasteiger partial charge in [-0.1, -0.05) is 48.5 Å². The number of aliphatic hydroxyl groups excluding tert-OH is 1. The second-order valence-electron chi connectivity index (χ2n) is 8.46. The van der Waals surface area contributed by atoms with E-state index in [1.165, 1.54) is 6.07 Å². The second-order valence-corrected chi connectivity index (χ2v) is 8.46. The molecule has 2 aromatic rings. The minimum Gasteiger partial charge on any atom is -0.530 e. The van der Waals surface area contributed by atoms with Gasteiger partial charge in [0.1, 0.15) is 6.09 Å². The lowest BCUT2D eigenvalue weighted by Gasteiger charge is -2.45. The first-order chi connectivity index (χ1) is 14.4. The van der Waals surface area contributed by atoms with E-state index in [2.05, 4.69) is 5.32 Å². The number of hydrogen-bond donors (Lipinski definition) is 2. The molecule has 0 aromatic heterocycles. The Balaban J connectivity index is 2.14. The molecule has 0 aliphatic rings. The summed E-state index contributed by atoms with van der Waals surface area (Å²) >= 11 is 0. The maximum Gasteiger partial charge on any atom is 0.416 e. The smallest absolute Gasteiger partial charge is 0.416 e. The van der Waals surface area contributed by atoms with Crippen molar-refractivity contribution in [2.75, 3.05) is 6.54 Å². The highest BCUT2D eigenvalue weighted by Crippen LogP contribution is 2.29. The van der Waals surface area contributed by atoms with Crippen molar-refractivity contribution in [2.24, 2.45) is 0 Å². The van der Waals surface area contributed by atoms with Crippen LogP contribution in [0.15, 0.2) is 54.6 Å². The summed E-state index contributed by atoms with van der Waals surface area (Å²) in [5, 5.41) is 25.7. The topological polar surface area (TPSA) is 75.6 Å². The van der Waals surface area contributed by atoms with Crippen LogP contribution >= 0.6 is 0 Å². The van der Waals surface area contributed by atoms with Crippen molar-refractivity contribution in [1.82, 2.24) is 10.2 Å². The van der Waals surface area contributed by atoms with Crippen molar-refractivity contribution in [2.45, 2.75) is 57.6 Å². The maximum absolute atomic E-state index is 12.9. The molecule has 2 aromatic carbocycles. The van der Waals surface area contributed by atoms with Gasteiger partial charge in [0.2, 0.25) is 0 Å². The Morgan fingerprint density at radius 2 is 1.68 bits per heavy atom. The van der Waals surface area contributed by atoms with Crippen LogP contribution < -0.4 is 10.4 Å². The van der Waals surface area contributed by atoms with E-state index < -0.39 is 35.5 Å². The number of carboxylic acid groups (broad SMARTS) is 1.